The first-order valence-corrected chi connectivity index (χ1v) is 8.21. The summed E-state index contributed by atoms with van der Waals surface area (Å²) in [6.45, 7) is 1.88. The van der Waals surface area contributed by atoms with E-state index in [2.05, 4.69) is 15.3 Å². The Morgan fingerprint density at radius 1 is 1.32 bits per heavy atom. The number of hydrogen-bond donors (Lipinski definition) is 1. The highest BCUT2D eigenvalue weighted by molar-refractivity contribution is 6.30. The second kappa shape index (κ2) is 6.22. The molecule has 1 amide bonds. The van der Waals surface area contributed by atoms with Crippen molar-refractivity contribution in [3.05, 3.63) is 65.3 Å². The largest absolute Gasteiger partial charge is 0.480 e. The van der Waals surface area contributed by atoms with E-state index in [4.69, 9.17) is 16.3 Å². The van der Waals surface area contributed by atoms with Crippen molar-refractivity contribution in [3.63, 3.8) is 0 Å². The highest BCUT2D eigenvalue weighted by Crippen LogP contribution is 2.31. The molecule has 1 aromatic carbocycles. The molecule has 0 fully saturated rings. The predicted octanol–water partition coefficient (Wildman–Crippen LogP) is 3.17. The molecular weight excluding hydrogens is 340 g/mol. The average Bonchev–Trinajstić information content (AvgIpc) is 3.21. The van der Waals surface area contributed by atoms with Gasteiger partial charge in [-0.15, -0.1) is 0 Å². The van der Waals surface area contributed by atoms with E-state index in [1.807, 2.05) is 17.6 Å². The van der Waals surface area contributed by atoms with E-state index in [0.717, 1.165) is 11.4 Å². The summed E-state index contributed by atoms with van der Waals surface area (Å²) in [6.07, 6.45) is 5.06. The zero-order valence-corrected chi connectivity index (χ0v) is 14.2. The van der Waals surface area contributed by atoms with Crippen molar-refractivity contribution in [2.75, 3.05) is 5.32 Å². The lowest BCUT2D eigenvalue weighted by Gasteiger charge is -2.14. The maximum atomic E-state index is 12.7. The number of halogens is 1. The lowest BCUT2D eigenvalue weighted by atomic mass is 10.1. The number of nitrogens with one attached hydrogen (secondary N) is 1. The quantitative estimate of drug-likeness (QED) is 0.784. The first-order valence-electron chi connectivity index (χ1n) is 7.83. The van der Waals surface area contributed by atoms with E-state index in [9.17, 15) is 4.79 Å². The lowest BCUT2D eigenvalue weighted by molar-refractivity contribution is -0.122. The van der Waals surface area contributed by atoms with Crippen molar-refractivity contribution in [1.29, 1.82) is 0 Å². The number of imidazole rings is 1. The minimum Gasteiger partial charge on any atom is -0.480 e. The highest BCUT2D eigenvalue weighted by Gasteiger charge is 2.29. The molecule has 4 rings (SSSR count). The third-order valence-electron chi connectivity index (χ3n) is 4.09. The fourth-order valence-electron chi connectivity index (χ4n) is 2.86. The van der Waals surface area contributed by atoms with Crippen LogP contribution in [0.15, 0.2) is 48.9 Å². The van der Waals surface area contributed by atoms with Crippen LogP contribution in [0, 0.1) is 6.92 Å². The summed E-state index contributed by atoms with van der Waals surface area (Å²) in [5.74, 6) is 1.87. The van der Waals surface area contributed by atoms with E-state index in [1.165, 1.54) is 0 Å². The number of benzene rings is 1. The van der Waals surface area contributed by atoms with Gasteiger partial charge < -0.3 is 10.1 Å². The standard InChI is InChI=1S/C18H15ClN4O2/c1-11-20-7-8-23(11)17-14(3-2-6-21-17)22-18(24)16-10-12-9-13(19)4-5-15(12)25-16/h2-9,16H,10H2,1H3,(H,22,24)/t16-/m0/s1. The van der Waals surface area contributed by atoms with Crippen molar-refractivity contribution in [2.45, 2.75) is 19.4 Å². The summed E-state index contributed by atoms with van der Waals surface area (Å²) in [4.78, 5) is 21.2. The number of anilines is 1. The number of amides is 1. The zero-order chi connectivity index (χ0) is 17.4. The number of aromatic nitrogens is 3. The second-order valence-corrected chi connectivity index (χ2v) is 6.21. The molecule has 0 radical (unpaired) electrons. The Bertz CT molecular complexity index is 954. The van der Waals surface area contributed by atoms with Gasteiger partial charge in [0.2, 0.25) is 0 Å². The molecule has 0 spiro atoms. The van der Waals surface area contributed by atoms with Crippen LogP contribution in [0.3, 0.4) is 0 Å². The number of carbonyl (C=O) groups is 1. The van der Waals surface area contributed by atoms with Crippen molar-refractivity contribution < 1.29 is 9.53 Å². The number of fused-ring (bicyclic) bond motifs is 1. The molecule has 2 aromatic heterocycles. The van der Waals surface area contributed by atoms with Gasteiger partial charge in [0, 0.05) is 30.0 Å². The summed E-state index contributed by atoms with van der Waals surface area (Å²) in [7, 11) is 0. The molecule has 3 aromatic rings. The average molecular weight is 355 g/mol. The number of rotatable bonds is 3. The summed E-state index contributed by atoms with van der Waals surface area (Å²) >= 11 is 6.00. The summed E-state index contributed by atoms with van der Waals surface area (Å²) in [6, 6.07) is 8.94. The number of pyridine rings is 1. The van der Waals surface area contributed by atoms with E-state index in [-0.39, 0.29) is 5.91 Å². The summed E-state index contributed by atoms with van der Waals surface area (Å²) in [5.41, 5.74) is 1.54. The van der Waals surface area contributed by atoms with Gasteiger partial charge >= 0.3 is 0 Å². The van der Waals surface area contributed by atoms with E-state index < -0.39 is 6.10 Å². The number of nitrogens with zero attached hydrogens (tertiary/aromatic N) is 3. The smallest absolute Gasteiger partial charge is 0.265 e. The third kappa shape index (κ3) is 2.96. The van der Waals surface area contributed by atoms with E-state index >= 15 is 0 Å². The number of hydrogen-bond acceptors (Lipinski definition) is 4. The lowest BCUT2D eigenvalue weighted by Crippen LogP contribution is -2.31. The van der Waals surface area contributed by atoms with Gasteiger partial charge in [0.15, 0.2) is 11.9 Å². The number of ether oxygens (including phenoxy) is 1. The second-order valence-electron chi connectivity index (χ2n) is 5.77. The zero-order valence-electron chi connectivity index (χ0n) is 13.4. The Kier molecular flexibility index (Phi) is 3.89. The molecule has 0 saturated carbocycles. The Hall–Kier alpha value is -2.86. The molecule has 0 bridgehead atoms. The molecule has 0 saturated heterocycles. The maximum absolute atomic E-state index is 12.7. The van der Waals surface area contributed by atoms with Crippen molar-refractivity contribution >= 4 is 23.2 Å². The Morgan fingerprint density at radius 3 is 3.00 bits per heavy atom. The Morgan fingerprint density at radius 2 is 2.20 bits per heavy atom. The van der Waals surface area contributed by atoms with Gasteiger partial charge in [-0.3, -0.25) is 9.36 Å². The minimum atomic E-state index is -0.592. The molecule has 7 heteroatoms. The van der Waals surface area contributed by atoms with Crippen molar-refractivity contribution in [3.8, 4) is 11.6 Å². The van der Waals surface area contributed by atoms with Crippen LogP contribution in [0.5, 0.6) is 5.75 Å². The molecule has 6 nitrogen and oxygen atoms in total. The highest BCUT2D eigenvalue weighted by atomic mass is 35.5. The van der Waals surface area contributed by atoms with Gasteiger partial charge in [0.25, 0.3) is 5.91 Å². The monoisotopic (exact) mass is 354 g/mol. The third-order valence-corrected chi connectivity index (χ3v) is 4.32. The van der Waals surface area contributed by atoms with E-state index in [1.54, 1.807) is 42.9 Å². The van der Waals surface area contributed by atoms with E-state index in [0.29, 0.717) is 28.7 Å². The molecule has 3 heterocycles. The van der Waals surface area contributed by atoms with Crippen LogP contribution < -0.4 is 10.1 Å². The molecule has 0 aliphatic carbocycles. The van der Waals surface area contributed by atoms with Gasteiger partial charge in [0.1, 0.15) is 11.6 Å². The molecule has 1 aliphatic heterocycles. The topological polar surface area (TPSA) is 69.0 Å². The SMILES string of the molecule is Cc1nccn1-c1ncccc1NC(=O)[C@@H]1Cc2cc(Cl)ccc2O1. The molecular formula is C18H15ClN4O2. The van der Waals surface area contributed by atoms with Crippen LogP contribution in [0.1, 0.15) is 11.4 Å². The van der Waals surface area contributed by atoms with Crippen molar-refractivity contribution in [1.82, 2.24) is 14.5 Å². The molecule has 25 heavy (non-hydrogen) atoms. The van der Waals surface area contributed by atoms with Gasteiger partial charge in [-0.25, -0.2) is 9.97 Å². The predicted molar refractivity (Wildman–Crippen MR) is 94.3 cm³/mol. The van der Waals surface area contributed by atoms with Crippen LogP contribution in [0.25, 0.3) is 5.82 Å². The first kappa shape index (κ1) is 15.7. The van der Waals surface area contributed by atoms with Crippen LogP contribution in [-0.4, -0.2) is 26.5 Å². The first-order chi connectivity index (χ1) is 12.1. The van der Waals surface area contributed by atoms with Gasteiger partial charge in [-0.05, 0) is 42.8 Å². The Labute approximate surface area is 149 Å². The maximum Gasteiger partial charge on any atom is 0.265 e. The fraction of sp³-hybridized carbons (Fsp3) is 0.167. The Balaban J connectivity index is 1.56. The molecule has 1 atom stereocenters. The van der Waals surface area contributed by atoms with Crippen LogP contribution in [0.2, 0.25) is 5.02 Å². The number of aryl methyl sites for hydroxylation is 1. The van der Waals surface area contributed by atoms with Crippen LogP contribution in [0.4, 0.5) is 5.69 Å². The molecule has 126 valence electrons. The molecule has 1 aliphatic rings. The fourth-order valence-corrected chi connectivity index (χ4v) is 3.06. The summed E-state index contributed by atoms with van der Waals surface area (Å²) in [5, 5.41) is 3.54. The van der Waals surface area contributed by atoms with Gasteiger partial charge in [0.05, 0.1) is 5.69 Å². The van der Waals surface area contributed by atoms with Crippen LogP contribution in [-0.2, 0) is 11.2 Å². The summed E-state index contributed by atoms with van der Waals surface area (Å²) < 4.78 is 7.56. The van der Waals surface area contributed by atoms with Gasteiger partial charge in [-0.2, -0.15) is 0 Å². The van der Waals surface area contributed by atoms with Crippen LogP contribution >= 0.6 is 11.6 Å². The number of carbonyl (C=O) groups excluding carboxylic acids is 1. The molecule has 0 unspecified atom stereocenters. The van der Waals surface area contributed by atoms with Gasteiger partial charge in [-0.1, -0.05) is 11.6 Å². The normalized spacial score (nSPS) is 15.5. The van der Waals surface area contributed by atoms with Crippen molar-refractivity contribution in [2.24, 2.45) is 0 Å². The minimum absolute atomic E-state index is 0.223. The molecule has 1 N–H and O–H groups in total.